The average molecular weight is 431 g/mol. The Kier molecular flexibility index (Phi) is 7.33. The summed E-state index contributed by atoms with van der Waals surface area (Å²) in [5.74, 6) is 0.395. The lowest BCUT2D eigenvalue weighted by Crippen LogP contribution is -2.43. The topological polar surface area (TPSA) is 119 Å². The predicted molar refractivity (Wildman–Crippen MR) is 117 cm³/mol. The maximum atomic E-state index is 13.3. The van der Waals surface area contributed by atoms with Gasteiger partial charge >= 0.3 is 0 Å². The number of aromatic amines is 1. The number of aliphatic hydroxyl groups excluding tert-OH is 1. The Bertz CT molecular complexity index is 899. The molecule has 0 unspecified atom stereocenters. The first kappa shape index (κ1) is 23.2. The normalized spacial score (nSPS) is 16.9. The van der Waals surface area contributed by atoms with Crippen LogP contribution < -0.4 is 5.32 Å². The number of aliphatic hydroxyl groups is 1. The third-order valence-corrected chi connectivity index (χ3v) is 6.17. The zero-order valence-electron chi connectivity index (χ0n) is 18.6. The molecule has 1 heterocycles. The molecular formula is C23H34N4O4. The van der Waals surface area contributed by atoms with Gasteiger partial charge in [0.05, 0.1) is 36.1 Å². The van der Waals surface area contributed by atoms with Crippen molar-refractivity contribution in [2.24, 2.45) is 17.3 Å². The minimum atomic E-state index is -0.492. The number of hydrogen-bond acceptors (Lipinski definition) is 5. The van der Waals surface area contributed by atoms with Gasteiger partial charge in [0.15, 0.2) is 0 Å². The van der Waals surface area contributed by atoms with Crippen LogP contribution in [0.4, 0.5) is 0 Å². The van der Waals surface area contributed by atoms with Gasteiger partial charge in [0.2, 0.25) is 12.3 Å². The summed E-state index contributed by atoms with van der Waals surface area (Å²) in [6.45, 7) is 6.00. The van der Waals surface area contributed by atoms with E-state index in [9.17, 15) is 19.9 Å². The molecule has 1 aliphatic carbocycles. The fraction of sp³-hybridized carbons (Fsp3) is 0.609. The Morgan fingerprint density at radius 2 is 2.06 bits per heavy atom. The minimum Gasteiger partial charge on any atom is -0.392 e. The molecule has 1 aromatic carbocycles. The quantitative estimate of drug-likeness (QED) is 0.276. The van der Waals surface area contributed by atoms with Gasteiger partial charge in [0.25, 0.3) is 0 Å². The average Bonchev–Trinajstić information content (AvgIpc) is 3.38. The first-order valence-electron chi connectivity index (χ1n) is 11.0. The van der Waals surface area contributed by atoms with Crippen LogP contribution >= 0.6 is 0 Å². The van der Waals surface area contributed by atoms with Crippen LogP contribution in [0.5, 0.6) is 0 Å². The van der Waals surface area contributed by atoms with Gasteiger partial charge in [0.1, 0.15) is 5.82 Å². The second-order valence-electron chi connectivity index (χ2n) is 9.75. The van der Waals surface area contributed by atoms with E-state index < -0.39 is 5.92 Å². The van der Waals surface area contributed by atoms with Gasteiger partial charge in [-0.2, -0.15) is 0 Å². The zero-order chi connectivity index (χ0) is 22.6. The number of hydrogen-bond donors (Lipinski definition) is 4. The van der Waals surface area contributed by atoms with Crippen molar-refractivity contribution < 1.29 is 19.9 Å². The molecule has 0 radical (unpaired) electrons. The van der Waals surface area contributed by atoms with Gasteiger partial charge in [-0.25, -0.2) is 10.0 Å². The van der Waals surface area contributed by atoms with Crippen LogP contribution in [-0.4, -0.2) is 44.2 Å². The Labute approximate surface area is 183 Å². The molecule has 170 valence electrons. The number of nitrogens with zero attached hydrogens (tertiary/aromatic N) is 2. The van der Waals surface area contributed by atoms with Crippen LogP contribution in [0.2, 0.25) is 0 Å². The number of amides is 2. The highest BCUT2D eigenvalue weighted by Crippen LogP contribution is 2.34. The van der Waals surface area contributed by atoms with Crippen molar-refractivity contribution in [3.05, 3.63) is 29.6 Å². The second-order valence-corrected chi connectivity index (χ2v) is 9.75. The third-order valence-electron chi connectivity index (χ3n) is 6.17. The largest absolute Gasteiger partial charge is 0.392 e. The molecule has 0 saturated heterocycles. The molecular weight excluding hydrogens is 396 g/mol. The molecule has 2 amide bonds. The molecule has 0 aliphatic heterocycles. The van der Waals surface area contributed by atoms with E-state index in [0.717, 1.165) is 42.3 Å². The molecule has 1 fully saturated rings. The van der Waals surface area contributed by atoms with Gasteiger partial charge in [0, 0.05) is 0 Å². The molecule has 8 heteroatoms. The number of nitrogens with one attached hydrogen (secondary N) is 2. The van der Waals surface area contributed by atoms with Crippen molar-refractivity contribution in [1.82, 2.24) is 20.3 Å². The van der Waals surface area contributed by atoms with E-state index in [1.165, 1.54) is 0 Å². The highest BCUT2D eigenvalue weighted by atomic mass is 16.5. The summed E-state index contributed by atoms with van der Waals surface area (Å²) >= 11 is 0. The number of carbonyl (C=O) groups is 2. The van der Waals surface area contributed by atoms with Crippen LogP contribution in [0, 0.1) is 17.3 Å². The molecule has 1 aliphatic rings. The summed E-state index contributed by atoms with van der Waals surface area (Å²) in [5, 5.41) is 22.8. The second kappa shape index (κ2) is 9.78. The molecule has 31 heavy (non-hydrogen) atoms. The summed E-state index contributed by atoms with van der Waals surface area (Å²) in [5.41, 5.74) is 2.02. The predicted octanol–water partition coefficient (Wildman–Crippen LogP) is 3.30. The summed E-state index contributed by atoms with van der Waals surface area (Å²) in [7, 11) is 0. The number of rotatable bonds is 9. The van der Waals surface area contributed by atoms with Crippen molar-refractivity contribution in [2.75, 3.05) is 6.54 Å². The molecule has 2 aromatic rings. The summed E-state index contributed by atoms with van der Waals surface area (Å²) < 4.78 is 0. The van der Waals surface area contributed by atoms with Crippen molar-refractivity contribution in [3.8, 4) is 0 Å². The molecule has 2 atom stereocenters. The molecule has 3 rings (SSSR count). The fourth-order valence-corrected chi connectivity index (χ4v) is 4.45. The highest BCUT2D eigenvalue weighted by molar-refractivity contribution is 5.80. The first-order valence-corrected chi connectivity index (χ1v) is 11.0. The highest BCUT2D eigenvalue weighted by Gasteiger charge is 2.34. The Balaban J connectivity index is 1.84. The van der Waals surface area contributed by atoms with E-state index in [2.05, 4.69) is 15.3 Å². The standard InChI is InChI=1S/C23H34N4O4/c1-23(2,3)20(21-24-18-9-8-16(13-28)11-19(18)25-21)26-22(30)17(12-27(31)14-29)10-15-6-4-5-7-15/h8-9,11,14-15,17,20,28,31H,4-7,10,12-13H2,1-3H3,(H,24,25)(H,26,30)/t17-,20-/m1/s1. The third kappa shape index (κ3) is 5.83. The zero-order valence-corrected chi connectivity index (χ0v) is 18.6. The van der Waals surface area contributed by atoms with Crippen molar-refractivity contribution in [2.45, 2.75) is 65.5 Å². The van der Waals surface area contributed by atoms with E-state index in [0.29, 0.717) is 29.6 Å². The van der Waals surface area contributed by atoms with Crippen LogP contribution in [0.1, 0.15) is 70.3 Å². The Morgan fingerprint density at radius 1 is 1.35 bits per heavy atom. The molecule has 1 saturated carbocycles. The Hall–Kier alpha value is -2.45. The van der Waals surface area contributed by atoms with Crippen LogP contribution in [0.3, 0.4) is 0 Å². The Morgan fingerprint density at radius 3 is 2.68 bits per heavy atom. The molecule has 0 bridgehead atoms. The summed E-state index contributed by atoms with van der Waals surface area (Å²) in [4.78, 5) is 32.2. The maximum Gasteiger partial charge on any atom is 0.233 e. The molecule has 1 aromatic heterocycles. The van der Waals surface area contributed by atoms with E-state index in [1.54, 1.807) is 0 Å². The molecule has 4 N–H and O–H groups in total. The lowest BCUT2D eigenvalue weighted by molar-refractivity contribution is -0.155. The lowest BCUT2D eigenvalue weighted by atomic mass is 9.85. The number of aromatic nitrogens is 2. The maximum absolute atomic E-state index is 13.3. The van der Waals surface area contributed by atoms with Crippen molar-refractivity contribution in [3.63, 3.8) is 0 Å². The fourth-order valence-electron chi connectivity index (χ4n) is 4.45. The van der Waals surface area contributed by atoms with Crippen LogP contribution in [0.25, 0.3) is 11.0 Å². The van der Waals surface area contributed by atoms with Gasteiger partial charge < -0.3 is 15.4 Å². The number of imidazole rings is 1. The van der Waals surface area contributed by atoms with E-state index in [1.807, 2.05) is 39.0 Å². The van der Waals surface area contributed by atoms with Gasteiger partial charge in [-0.05, 0) is 35.4 Å². The van der Waals surface area contributed by atoms with Gasteiger partial charge in [-0.15, -0.1) is 0 Å². The number of benzene rings is 1. The van der Waals surface area contributed by atoms with E-state index in [-0.39, 0.29) is 30.5 Å². The molecule has 0 spiro atoms. The van der Waals surface area contributed by atoms with Crippen LogP contribution in [-0.2, 0) is 16.2 Å². The number of hydroxylamine groups is 2. The molecule has 8 nitrogen and oxygen atoms in total. The van der Waals surface area contributed by atoms with Crippen LogP contribution in [0.15, 0.2) is 18.2 Å². The lowest BCUT2D eigenvalue weighted by Gasteiger charge is -2.32. The van der Waals surface area contributed by atoms with E-state index in [4.69, 9.17) is 0 Å². The first-order chi connectivity index (χ1) is 14.7. The summed E-state index contributed by atoms with van der Waals surface area (Å²) in [6.07, 6.45) is 5.47. The number of H-pyrrole nitrogens is 1. The smallest absolute Gasteiger partial charge is 0.233 e. The van der Waals surface area contributed by atoms with E-state index >= 15 is 0 Å². The monoisotopic (exact) mass is 430 g/mol. The van der Waals surface area contributed by atoms with Crippen molar-refractivity contribution in [1.29, 1.82) is 0 Å². The van der Waals surface area contributed by atoms with Gasteiger partial charge in [-0.1, -0.05) is 52.5 Å². The van der Waals surface area contributed by atoms with Crippen molar-refractivity contribution >= 4 is 23.4 Å². The number of fused-ring (bicyclic) bond motifs is 1. The minimum absolute atomic E-state index is 0.0251. The number of carbonyl (C=O) groups excluding carboxylic acids is 2. The summed E-state index contributed by atoms with van der Waals surface area (Å²) in [6, 6.07) is 5.13. The SMILES string of the molecule is CC(C)(C)[C@H](NC(=O)[C@H](CC1CCCC1)CN(O)C=O)c1nc2ccc(CO)cc2[nH]1. The van der Waals surface area contributed by atoms with Gasteiger partial charge in [-0.3, -0.25) is 14.8 Å².